The minimum absolute atomic E-state index is 0.138. The monoisotopic (exact) mass is 457 g/mol. The smallest absolute Gasteiger partial charge is 0.255 e. The normalized spacial score (nSPS) is 14.2. The van der Waals surface area contributed by atoms with Crippen molar-refractivity contribution in [1.29, 1.82) is 0 Å². The lowest BCUT2D eigenvalue weighted by Crippen LogP contribution is -2.33. The van der Waals surface area contributed by atoms with Crippen molar-refractivity contribution in [3.05, 3.63) is 89.5 Å². The molecule has 0 bridgehead atoms. The van der Waals surface area contributed by atoms with Crippen LogP contribution in [-0.2, 0) is 0 Å². The number of piperidine rings is 1. The predicted octanol–water partition coefficient (Wildman–Crippen LogP) is 5.43. The third-order valence-corrected chi connectivity index (χ3v) is 6.20. The summed E-state index contributed by atoms with van der Waals surface area (Å²) >= 11 is 0. The van der Waals surface area contributed by atoms with Gasteiger partial charge in [-0.1, -0.05) is 30.3 Å². The third-order valence-electron chi connectivity index (χ3n) is 6.20. The van der Waals surface area contributed by atoms with Gasteiger partial charge in [0, 0.05) is 30.0 Å². The van der Waals surface area contributed by atoms with E-state index in [4.69, 9.17) is 4.74 Å². The molecule has 1 heterocycles. The Kier molecular flexibility index (Phi) is 7.48. The Labute approximate surface area is 200 Å². The molecular formula is C28H31N3O3. The molecule has 1 unspecified atom stereocenters. The van der Waals surface area contributed by atoms with Crippen LogP contribution in [0.15, 0.2) is 72.8 Å². The molecule has 1 aliphatic heterocycles. The average molecular weight is 458 g/mol. The number of benzene rings is 3. The predicted molar refractivity (Wildman–Crippen MR) is 136 cm³/mol. The van der Waals surface area contributed by atoms with Crippen molar-refractivity contribution >= 4 is 23.2 Å². The molecule has 0 aliphatic carbocycles. The fourth-order valence-electron chi connectivity index (χ4n) is 4.25. The van der Waals surface area contributed by atoms with Crippen LogP contribution in [0.4, 0.5) is 11.4 Å². The summed E-state index contributed by atoms with van der Waals surface area (Å²) in [6.07, 6.45) is 3.42. The van der Waals surface area contributed by atoms with E-state index in [0.29, 0.717) is 22.6 Å². The topological polar surface area (TPSA) is 70.7 Å². The maximum absolute atomic E-state index is 13.4. The number of ether oxygens (including phenoxy) is 1. The second-order valence-electron chi connectivity index (χ2n) is 8.57. The van der Waals surface area contributed by atoms with E-state index in [1.807, 2.05) is 49.4 Å². The van der Waals surface area contributed by atoms with Crippen molar-refractivity contribution in [2.24, 2.45) is 0 Å². The highest BCUT2D eigenvalue weighted by atomic mass is 16.5. The van der Waals surface area contributed by atoms with E-state index >= 15 is 0 Å². The SMILES string of the molecule is COc1ccc(C(=O)Nc2ccc(N3CCCCC3)c(C(=O)NC(C)c3ccccc3)c2)cc1. The molecule has 6 nitrogen and oxygen atoms in total. The second-order valence-corrected chi connectivity index (χ2v) is 8.57. The van der Waals surface area contributed by atoms with Gasteiger partial charge in [-0.2, -0.15) is 0 Å². The minimum Gasteiger partial charge on any atom is -0.497 e. The number of hydrogen-bond donors (Lipinski definition) is 2. The summed E-state index contributed by atoms with van der Waals surface area (Å²) in [5, 5.41) is 6.05. The van der Waals surface area contributed by atoms with Crippen molar-refractivity contribution in [1.82, 2.24) is 5.32 Å². The van der Waals surface area contributed by atoms with Gasteiger partial charge in [-0.25, -0.2) is 0 Å². The number of hydrogen-bond acceptors (Lipinski definition) is 4. The van der Waals surface area contributed by atoms with Crippen LogP contribution in [-0.4, -0.2) is 32.0 Å². The molecular weight excluding hydrogens is 426 g/mol. The molecule has 0 saturated carbocycles. The van der Waals surface area contributed by atoms with E-state index in [9.17, 15) is 9.59 Å². The van der Waals surface area contributed by atoms with E-state index in [1.165, 1.54) is 6.42 Å². The maximum atomic E-state index is 13.4. The lowest BCUT2D eigenvalue weighted by Gasteiger charge is -2.31. The lowest BCUT2D eigenvalue weighted by atomic mass is 10.0. The van der Waals surface area contributed by atoms with E-state index in [2.05, 4.69) is 15.5 Å². The highest BCUT2D eigenvalue weighted by Gasteiger charge is 2.21. The first-order valence-electron chi connectivity index (χ1n) is 11.8. The standard InChI is InChI=1S/C28H31N3O3/c1-20(21-9-5-3-6-10-21)29-28(33)25-19-23(13-16-26(25)31-17-7-4-8-18-31)30-27(32)22-11-14-24(34-2)15-12-22/h3,5-6,9-16,19-20H,4,7-8,17-18H2,1-2H3,(H,29,33)(H,30,32). The molecule has 3 aromatic carbocycles. The van der Waals surface area contributed by atoms with Gasteiger partial charge < -0.3 is 20.3 Å². The quantitative estimate of drug-likeness (QED) is 0.496. The number of anilines is 2. The lowest BCUT2D eigenvalue weighted by molar-refractivity contribution is 0.0939. The van der Waals surface area contributed by atoms with Crippen molar-refractivity contribution in [3.63, 3.8) is 0 Å². The maximum Gasteiger partial charge on any atom is 0.255 e. The summed E-state index contributed by atoms with van der Waals surface area (Å²) in [6.45, 7) is 3.82. The third kappa shape index (κ3) is 5.57. The highest BCUT2D eigenvalue weighted by Crippen LogP contribution is 2.28. The number of carbonyl (C=O) groups excluding carboxylic acids is 2. The van der Waals surface area contributed by atoms with Crippen LogP contribution in [0.3, 0.4) is 0 Å². The molecule has 0 radical (unpaired) electrons. The Bertz CT molecular complexity index is 1120. The van der Waals surface area contributed by atoms with Gasteiger partial charge in [-0.05, 0) is 74.2 Å². The molecule has 0 aromatic heterocycles. The summed E-state index contributed by atoms with van der Waals surface area (Å²) in [4.78, 5) is 28.5. The van der Waals surface area contributed by atoms with Gasteiger partial charge in [0.15, 0.2) is 0 Å². The number of amides is 2. The van der Waals surface area contributed by atoms with E-state index in [0.717, 1.165) is 37.2 Å². The molecule has 1 aliphatic rings. The summed E-state index contributed by atoms with van der Waals surface area (Å²) in [5.74, 6) is 0.295. The van der Waals surface area contributed by atoms with Gasteiger partial charge in [0.1, 0.15) is 5.75 Å². The van der Waals surface area contributed by atoms with Crippen LogP contribution in [0.25, 0.3) is 0 Å². The van der Waals surface area contributed by atoms with E-state index < -0.39 is 0 Å². The number of nitrogens with one attached hydrogen (secondary N) is 2. The molecule has 34 heavy (non-hydrogen) atoms. The molecule has 1 saturated heterocycles. The van der Waals surface area contributed by atoms with Crippen LogP contribution >= 0.6 is 0 Å². The van der Waals surface area contributed by atoms with Crippen LogP contribution in [0, 0.1) is 0 Å². The first kappa shape index (κ1) is 23.4. The molecule has 4 rings (SSSR count). The molecule has 3 aromatic rings. The van der Waals surface area contributed by atoms with Gasteiger partial charge in [0.25, 0.3) is 11.8 Å². The van der Waals surface area contributed by atoms with Crippen LogP contribution in [0.5, 0.6) is 5.75 Å². The summed E-state index contributed by atoms with van der Waals surface area (Å²) in [5.41, 5.74) is 3.61. The molecule has 176 valence electrons. The Morgan fingerprint density at radius 3 is 2.26 bits per heavy atom. The zero-order valence-electron chi connectivity index (χ0n) is 19.7. The van der Waals surface area contributed by atoms with Crippen LogP contribution < -0.4 is 20.3 Å². The summed E-state index contributed by atoms with van der Waals surface area (Å²) < 4.78 is 5.16. The van der Waals surface area contributed by atoms with Gasteiger partial charge in [0.2, 0.25) is 0 Å². The number of carbonyl (C=O) groups is 2. The van der Waals surface area contributed by atoms with E-state index in [-0.39, 0.29) is 17.9 Å². The van der Waals surface area contributed by atoms with Crippen LogP contribution in [0.2, 0.25) is 0 Å². The Morgan fingerprint density at radius 2 is 1.59 bits per heavy atom. The second kappa shape index (κ2) is 10.9. The number of nitrogens with zero attached hydrogens (tertiary/aromatic N) is 1. The van der Waals surface area contributed by atoms with Gasteiger partial charge >= 0.3 is 0 Å². The van der Waals surface area contributed by atoms with Crippen LogP contribution in [0.1, 0.15) is 58.5 Å². The molecule has 2 N–H and O–H groups in total. The Balaban J connectivity index is 1.58. The first-order chi connectivity index (χ1) is 16.5. The molecule has 1 atom stereocenters. The minimum atomic E-state index is -0.239. The number of methoxy groups -OCH3 is 1. The molecule has 0 spiro atoms. The number of rotatable bonds is 7. The van der Waals surface area contributed by atoms with Gasteiger partial charge in [-0.3, -0.25) is 9.59 Å². The van der Waals surface area contributed by atoms with Crippen molar-refractivity contribution in [3.8, 4) is 5.75 Å². The fourth-order valence-corrected chi connectivity index (χ4v) is 4.25. The zero-order chi connectivity index (χ0) is 23.9. The Morgan fingerprint density at radius 1 is 0.882 bits per heavy atom. The highest BCUT2D eigenvalue weighted by molar-refractivity contribution is 6.06. The van der Waals surface area contributed by atoms with E-state index in [1.54, 1.807) is 37.4 Å². The van der Waals surface area contributed by atoms with Crippen molar-refractivity contribution in [2.45, 2.75) is 32.2 Å². The van der Waals surface area contributed by atoms with Gasteiger partial charge in [-0.15, -0.1) is 0 Å². The summed E-state index contributed by atoms with van der Waals surface area (Å²) in [6, 6.07) is 22.3. The zero-order valence-corrected chi connectivity index (χ0v) is 19.7. The van der Waals surface area contributed by atoms with Crippen molar-refractivity contribution in [2.75, 3.05) is 30.4 Å². The first-order valence-corrected chi connectivity index (χ1v) is 11.8. The van der Waals surface area contributed by atoms with Gasteiger partial charge in [0.05, 0.1) is 18.7 Å². The summed E-state index contributed by atoms with van der Waals surface area (Å²) in [7, 11) is 1.59. The largest absolute Gasteiger partial charge is 0.497 e. The Hall–Kier alpha value is -3.80. The molecule has 6 heteroatoms. The fraction of sp³-hybridized carbons (Fsp3) is 0.286. The average Bonchev–Trinajstić information content (AvgIpc) is 2.89. The van der Waals surface area contributed by atoms with Crippen molar-refractivity contribution < 1.29 is 14.3 Å². The molecule has 2 amide bonds. The molecule has 1 fully saturated rings.